The topological polar surface area (TPSA) is 91.9 Å². The number of unbranched alkanes of at least 4 members (excludes halogenated alkanes) is 1. The molecule has 0 radical (unpaired) electrons. The number of hydrogen-bond donors (Lipinski definition) is 0. The number of rotatable bonds is 12. The van der Waals surface area contributed by atoms with Gasteiger partial charge in [-0.05, 0) is 30.5 Å². The van der Waals surface area contributed by atoms with Gasteiger partial charge in [-0.25, -0.2) is 8.42 Å². The standard InChI is InChI=1S/C24H29N5O2S2/c1-3-28(4-2)33(30,31)22-14-10-13-21(19-22)23-26-27-24(32-18-9-8-16-25)29(23)17-15-20-11-6-5-7-12-20/h5-7,10-14,19H,3-4,8-9,15,17-18H2,1-2H3. The van der Waals surface area contributed by atoms with E-state index in [9.17, 15) is 8.42 Å². The number of nitrogens with zero attached hydrogens (tertiary/aromatic N) is 5. The minimum absolute atomic E-state index is 0.254. The third kappa shape index (κ3) is 6.22. The summed E-state index contributed by atoms with van der Waals surface area (Å²) in [6.07, 6.45) is 2.08. The van der Waals surface area contributed by atoms with E-state index < -0.39 is 10.0 Å². The fourth-order valence-electron chi connectivity index (χ4n) is 3.52. The molecule has 1 aromatic heterocycles. The Bertz CT molecular complexity index is 1180. The summed E-state index contributed by atoms with van der Waals surface area (Å²) >= 11 is 1.57. The zero-order valence-electron chi connectivity index (χ0n) is 19.0. The summed E-state index contributed by atoms with van der Waals surface area (Å²) in [5.41, 5.74) is 1.92. The average Bonchev–Trinajstić information content (AvgIpc) is 3.24. The van der Waals surface area contributed by atoms with Crippen molar-refractivity contribution in [3.8, 4) is 17.5 Å². The Morgan fingerprint density at radius 3 is 2.52 bits per heavy atom. The molecule has 1 heterocycles. The van der Waals surface area contributed by atoms with E-state index in [4.69, 9.17) is 5.26 Å². The highest BCUT2D eigenvalue weighted by atomic mass is 32.2. The van der Waals surface area contributed by atoms with Crippen LogP contribution in [0.5, 0.6) is 0 Å². The maximum Gasteiger partial charge on any atom is 0.243 e. The quantitative estimate of drug-likeness (QED) is 0.276. The molecule has 9 heteroatoms. The molecular weight excluding hydrogens is 454 g/mol. The minimum Gasteiger partial charge on any atom is -0.302 e. The molecule has 33 heavy (non-hydrogen) atoms. The van der Waals surface area contributed by atoms with Crippen molar-refractivity contribution < 1.29 is 8.42 Å². The van der Waals surface area contributed by atoms with Crippen LogP contribution in [0.1, 0.15) is 32.3 Å². The van der Waals surface area contributed by atoms with Crippen molar-refractivity contribution in [2.45, 2.75) is 49.7 Å². The Morgan fingerprint density at radius 1 is 1.06 bits per heavy atom. The van der Waals surface area contributed by atoms with Crippen LogP contribution in [0.15, 0.2) is 64.6 Å². The van der Waals surface area contributed by atoms with Crippen LogP contribution in [0.4, 0.5) is 0 Å². The first-order chi connectivity index (χ1) is 16.0. The van der Waals surface area contributed by atoms with Crippen LogP contribution in [-0.2, 0) is 23.0 Å². The molecule has 7 nitrogen and oxygen atoms in total. The maximum atomic E-state index is 13.0. The fourth-order valence-corrected chi connectivity index (χ4v) is 5.93. The molecule has 0 fully saturated rings. The van der Waals surface area contributed by atoms with Gasteiger partial charge in [0.2, 0.25) is 10.0 Å². The second-order valence-electron chi connectivity index (χ2n) is 7.42. The molecule has 0 atom stereocenters. The number of nitriles is 1. The lowest BCUT2D eigenvalue weighted by Gasteiger charge is -2.19. The third-order valence-corrected chi connectivity index (χ3v) is 8.38. The Morgan fingerprint density at radius 2 is 1.82 bits per heavy atom. The predicted octanol–water partition coefficient (Wildman–Crippen LogP) is 4.61. The molecule has 0 aliphatic heterocycles. The number of thioether (sulfide) groups is 1. The molecule has 2 aromatic carbocycles. The number of sulfonamides is 1. The summed E-state index contributed by atoms with van der Waals surface area (Å²) < 4.78 is 29.6. The highest BCUT2D eigenvalue weighted by Gasteiger charge is 2.23. The summed E-state index contributed by atoms with van der Waals surface area (Å²) in [5, 5.41) is 18.4. The molecule has 0 saturated heterocycles. The SMILES string of the molecule is CCN(CC)S(=O)(=O)c1cccc(-c2nnc(SCCCC#N)n2CCc2ccccc2)c1. The van der Waals surface area contributed by atoms with Crippen LogP contribution in [-0.4, -0.2) is 46.3 Å². The second kappa shape index (κ2) is 12.0. The summed E-state index contributed by atoms with van der Waals surface area (Å²) in [7, 11) is -3.57. The van der Waals surface area contributed by atoms with Gasteiger partial charge >= 0.3 is 0 Å². The Kier molecular flexibility index (Phi) is 9.06. The highest BCUT2D eigenvalue weighted by Crippen LogP contribution is 2.27. The molecule has 0 unspecified atom stereocenters. The Labute approximate surface area is 200 Å². The van der Waals surface area contributed by atoms with Gasteiger partial charge in [0.25, 0.3) is 0 Å². The van der Waals surface area contributed by atoms with E-state index >= 15 is 0 Å². The van der Waals surface area contributed by atoms with Crippen LogP contribution >= 0.6 is 11.8 Å². The van der Waals surface area contributed by atoms with Crippen LogP contribution in [0.2, 0.25) is 0 Å². The molecule has 0 bridgehead atoms. The smallest absolute Gasteiger partial charge is 0.243 e. The van der Waals surface area contributed by atoms with Gasteiger partial charge in [-0.15, -0.1) is 10.2 Å². The van der Waals surface area contributed by atoms with E-state index in [-0.39, 0.29) is 4.90 Å². The maximum absolute atomic E-state index is 13.0. The van der Waals surface area contributed by atoms with Crippen molar-refractivity contribution in [2.24, 2.45) is 0 Å². The van der Waals surface area contributed by atoms with Crippen LogP contribution < -0.4 is 0 Å². The molecule has 3 aromatic rings. The Hall–Kier alpha value is -2.67. The Balaban J connectivity index is 1.94. The lowest BCUT2D eigenvalue weighted by atomic mass is 10.1. The van der Waals surface area contributed by atoms with E-state index in [0.29, 0.717) is 37.4 Å². The number of aromatic nitrogens is 3. The number of aryl methyl sites for hydroxylation is 1. The average molecular weight is 484 g/mol. The van der Waals surface area contributed by atoms with Gasteiger partial charge in [0.05, 0.1) is 11.0 Å². The lowest BCUT2D eigenvalue weighted by Crippen LogP contribution is -2.30. The van der Waals surface area contributed by atoms with Gasteiger partial charge in [-0.2, -0.15) is 9.57 Å². The minimum atomic E-state index is -3.57. The van der Waals surface area contributed by atoms with Crippen LogP contribution in [0.25, 0.3) is 11.4 Å². The molecule has 0 aliphatic carbocycles. The van der Waals surface area contributed by atoms with Crippen molar-refractivity contribution >= 4 is 21.8 Å². The van der Waals surface area contributed by atoms with Crippen molar-refractivity contribution in [3.05, 3.63) is 60.2 Å². The summed E-state index contributed by atoms with van der Waals surface area (Å²) in [6.45, 7) is 5.17. The van der Waals surface area contributed by atoms with E-state index in [1.807, 2.05) is 42.7 Å². The zero-order chi connectivity index (χ0) is 23.7. The van der Waals surface area contributed by atoms with Crippen LogP contribution in [0, 0.1) is 11.3 Å². The van der Waals surface area contributed by atoms with Gasteiger partial charge in [0.15, 0.2) is 11.0 Å². The van der Waals surface area contributed by atoms with Gasteiger partial charge in [-0.3, -0.25) is 0 Å². The van der Waals surface area contributed by atoms with Crippen molar-refractivity contribution in [1.82, 2.24) is 19.1 Å². The third-order valence-electron chi connectivity index (χ3n) is 5.28. The van der Waals surface area contributed by atoms with Crippen molar-refractivity contribution in [3.63, 3.8) is 0 Å². The molecule has 0 spiro atoms. The molecule has 0 aliphatic rings. The first-order valence-corrected chi connectivity index (χ1v) is 13.5. The molecule has 0 N–H and O–H groups in total. The zero-order valence-corrected chi connectivity index (χ0v) is 20.6. The molecule has 3 rings (SSSR count). The van der Waals surface area contributed by atoms with Crippen molar-refractivity contribution in [2.75, 3.05) is 18.8 Å². The van der Waals surface area contributed by atoms with Crippen molar-refractivity contribution in [1.29, 1.82) is 5.26 Å². The monoisotopic (exact) mass is 483 g/mol. The summed E-state index contributed by atoms with van der Waals surface area (Å²) in [5.74, 6) is 1.42. The van der Waals surface area contributed by atoms with E-state index in [0.717, 1.165) is 23.8 Å². The van der Waals surface area contributed by atoms with E-state index in [1.54, 1.807) is 30.0 Å². The van der Waals surface area contributed by atoms with Gasteiger partial charge in [-0.1, -0.05) is 68.1 Å². The van der Waals surface area contributed by atoms with E-state index in [1.165, 1.54) is 9.87 Å². The molecule has 174 valence electrons. The molecule has 0 saturated carbocycles. The normalized spacial score (nSPS) is 11.6. The highest BCUT2D eigenvalue weighted by molar-refractivity contribution is 7.99. The predicted molar refractivity (Wildman–Crippen MR) is 131 cm³/mol. The number of benzene rings is 2. The lowest BCUT2D eigenvalue weighted by molar-refractivity contribution is 0.445. The number of hydrogen-bond acceptors (Lipinski definition) is 6. The largest absolute Gasteiger partial charge is 0.302 e. The van der Waals surface area contributed by atoms with Crippen LogP contribution in [0.3, 0.4) is 0 Å². The fraction of sp³-hybridized carbons (Fsp3) is 0.375. The summed E-state index contributed by atoms with van der Waals surface area (Å²) in [6, 6.07) is 19.3. The van der Waals surface area contributed by atoms with E-state index in [2.05, 4.69) is 28.4 Å². The first-order valence-electron chi connectivity index (χ1n) is 11.1. The molecular formula is C24H29N5O2S2. The molecule has 0 amide bonds. The first kappa shape index (κ1) is 25.0. The van der Waals surface area contributed by atoms with Gasteiger partial charge < -0.3 is 4.57 Å². The summed E-state index contributed by atoms with van der Waals surface area (Å²) in [4.78, 5) is 0.254. The van der Waals surface area contributed by atoms with Gasteiger partial charge in [0, 0.05) is 37.4 Å². The van der Waals surface area contributed by atoms with Gasteiger partial charge in [0.1, 0.15) is 0 Å². The second-order valence-corrected chi connectivity index (χ2v) is 10.4.